The van der Waals surface area contributed by atoms with Gasteiger partial charge >= 0.3 is 5.97 Å². The van der Waals surface area contributed by atoms with Crippen LogP contribution >= 0.6 is 11.9 Å². The van der Waals surface area contributed by atoms with Crippen molar-refractivity contribution < 1.29 is 14.7 Å². The summed E-state index contributed by atoms with van der Waals surface area (Å²) in [5.41, 5.74) is 1.88. The standard InChI is InChI=1S/C15H15N3O3S/c1-9-7-10(2)18-15(17-9)22-16-8-13(19)11-5-3-4-6-12(11)14(20)21/h3-7,16H,8H2,1-2H3,(H,20,21). The Balaban J connectivity index is 2.00. The second-order valence-electron chi connectivity index (χ2n) is 4.63. The number of carboxylic acids is 1. The molecule has 0 fully saturated rings. The first-order valence-electron chi connectivity index (χ1n) is 6.55. The lowest BCUT2D eigenvalue weighted by Crippen LogP contribution is -2.20. The minimum absolute atomic E-state index is 0.00181. The van der Waals surface area contributed by atoms with Crippen LogP contribution in [0.1, 0.15) is 32.1 Å². The lowest BCUT2D eigenvalue weighted by atomic mass is 10.0. The minimum atomic E-state index is -1.12. The molecule has 0 saturated carbocycles. The van der Waals surface area contributed by atoms with E-state index in [1.807, 2.05) is 19.9 Å². The molecule has 0 amide bonds. The average molecular weight is 317 g/mol. The molecule has 0 aliphatic carbocycles. The zero-order chi connectivity index (χ0) is 16.1. The summed E-state index contributed by atoms with van der Waals surface area (Å²) in [4.78, 5) is 31.7. The molecule has 0 radical (unpaired) electrons. The summed E-state index contributed by atoms with van der Waals surface area (Å²) in [5, 5.41) is 9.61. The maximum Gasteiger partial charge on any atom is 0.336 e. The molecule has 0 spiro atoms. The van der Waals surface area contributed by atoms with Crippen molar-refractivity contribution in [1.29, 1.82) is 0 Å². The van der Waals surface area contributed by atoms with Gasteiger partial charge in [-0.1, -0.05) is 18.2 Å². The van der Waals surface area contributed by atoms with Gasteiger partial charge in [0.15, 0.2) is 5.78 Å². The summed E-state index contributed by atoms with van der Waals surface area (Å²) in [5.74, 6) is -1.41. The third kappa shape index (κ3) is 4.12. The van der Waals surface area contributed by atoms with Crippen LogP contribution in [0.25, 0.3) is 0 Å². The first kappa shape index (κ1) is 16.1. The highest BCUT2D eigenvalue weighted by molar-refractivity contribution is 7.97. The van der Waals surface area contributed by atoms with Crippen molar-refractivity contribution in [1.82, 2.24) is 14.7 Å². The molecule has 2 N–H and O–H groups in total. The van der Waals surface area contributed by atoms with Crippen LogP contribution < -0.4 is 4.72 Å². The zero-order valence-electron chi connectivity index (χ0n) is 12.2. The van der Waals surface area contributed by atoms with Crippen molar-refractivity contribution >= 4 is 23.7 Å². The molecule has 6 nitrogen and oxygen atoms in total. The van der Waals surface area contributed by atoms with Gasteiger partial charge in [0.2, 0.25) is 5.16 Å². The quantitative estimate of drug-likeness (QED) is 0.479. The first-order chi connectivity index (χ1) is 10.5. The number of ketones is 1. The molecule has 0 atom stereocenters. The van der Waals surface area contributed by atoms with E-state index in [4.69, 9.17) is 5.11 Å². The molecule has 2 aromatic rings. The Hall–Kier alpha value is -2.25. The summed E-state index contributed by atoms with van der Waals surface area (Å²) in [7, 11) is 0. The Kier molecular flexibility index (Phi) is 5.24. The molecule has 0 aliphatic heterocycles. The molecule has 114 valence electrons. The Morgan fingerprint density at radius 3 is 2.32 bits per heavy atom. The van der Waals surface area contributed by atoms with Gasteiger partial charge in [-0.3, -0.25) is 4.79 Å². The lowest BCUT2D eigenvalue weighted by Gasteiger charge is -2.06. The van der Waals surface area contributed by atoms with E-state index in [1.165, 1.54) is 12.1 Å². The molecule has 2 rings (SSSR count). The number of carbonyl (C=O) groups is 2. The van der Waals surface area contributed by atoms with E-state index in [0.717, 1.165) is 23.3 Å². The van der Waals surface area contributed by atoms with Crippen molar-refractivity contribution in [2.75, 3.05) is 6.54 Å². The fraction of sp³-hybridized carbons (Fsp3) is 0.200. The summed E-state index contributed by atoms with van der Waals surface area (Å²) in [6.07, 6.45) is 0. The number of hydrogen-bond acceptors (Lipinski definition) is 6. The number of rotatable bonds is 6. The number of hydrogen-bond donors (Lipinski definition) is 2. The highest BCUT2D eigenvalue weighted by atomic mass is 32.2. The molecule has 0 aliphatic rings. The molecular formula is C15H15N3O3S. The second-order valence-corrected chi connectivity index (χ2v) is 5.49. The van der Waals surface area contributed by atoms with Gasteiger partial charge in [0.05, 0.1) is 12.1 Å². The zero-order valence-corrected chi connectivity index (χ0v) is 13.0. The van der Waals surface area contributed by atoms with Crippen molar-refractivity contribution in [3.63, 3.8) is 0 Å². The number of Topliss-reactive ketones (excluding diaryl/α,β-unsaturated/α-hetero) is 1. The SMILES string of the molecule is Cc1cc(C)nc(SNCC(=O)c2ccccc2C(=O)O)n1. The molecule has 0 bridgehead atoms. The number of carbonyl (C=O) groups excluding carboxylic acids is 1. The number of nitrogens with one attached hydrogen (secondary N) is 1. The van der Waals surface area contributed by atoms with Crippen LogP contribution in [0.3, 0.4) is 0 Å². The Morgan fingerprint density at radius 2 is 1.73 bits per heavy atom. The van der Waals surface area contributed by atoms with Gasteiger partial charge in [-0.15, -0.1) is 0 Å². The van der Waals surface area contributed by atoms with E-state index in [2.05, 4.69) is 14.7 Å². The van der Waals surface area contributed by atoms with Gasteiger partial charge in [-0.25, -0.2) is 19.5 Å². The Bertz CT molecular complexity index is 699. The van der Waals surface area contributed by atoms with E-state index in [1.54, 1.807) is 12.1 Å². The third-order valence-electron chi connectivity index (χ3n) is 2.82. The van der Waals surface area contributed by atoms with Crippen LogP contribution in [0.2, 0.25) is 0 Å². The smallest absolute Gasteiger partial charge is 0.336 e. The van der Waals surface area contributed by atoms with Crippen LogP contribution in [-0.2, 0) is 0 Å². The number of aromatic nitrogens is 2. The van der Waals surface area contributed by atoms with E-state index in [0.29, 0.717) is 5.16 Å². The van der Waals surface area contributed by atoms with Crippen molar-refractivity contribution in [2.45, 2.75) is 19.0 Å². The third-order valence-corrected chi connectivity index (χ3v) is 3.47. The monoisotopic (exact) mass is 317 g/mol. The van der Waals surface area contributed by atoms with Crippen LogP contribution in [0.4, 0.5) is 0 Å². The van der Waals surface area contributed by atoms with Crippen molar-refractivity contribution in [2.24, 2.45) is 0 Å². The summed E-state index contributed by atoms with van der Waals surface area (Å²) in [6.45, 7) is 3.73. The molecule has 0 unspecified atom stereocenters. The molecule has 1 heterocycles. The normalized spacial score (nSPS) is 10.5. The minimum Gasteiger partial charge on any atom is -0.478 e. The van der Waals surface area contributed by atoms with E-state index in [9.17, 15) is 9.59 Å². The van der Waals surface area contributed by atoms with Crippen LogP contribution in [0.15, 0.2) is 35.5 Å². The predicted molar refractivity (Wildman–Crippen MR) is 83.1 cm³/mol. The van der Waals surface area contributed by atoms with Crippen molar-refractivity contribution in [3.8, 4) is 0 Å². The number of benzene rings is 1. The van der Waals surface area contributed by atoms with Gasteiger partial charge < -0.3 is 5.11 Å². The molecule has 1 aromatic heterocycles. The molecule has 0 saturated heterocycles. The summed E-state index contributed by atoms with van der Waals surface area (Å²) < 4.78 is 2.87. The maximum atomic E-state index is 12.1. The first-order valence-corrected chi connectivity index (χ1v) is 7.36. The molecule has 22 heavy (non-hydrogen) atoms. The number of aromatic carboxylic acids is 1. The highest BCUT2D eigenvalue weighted by Gasteiger charge is 2.15. The van der Waals surface area contributed by atoms with Gasteiger partial charge in [0.1, 0.15) is 0 Å². The van der Waals surface area contributed by atoms with Gasteiger partial charge in [0, 0.05) is 17.0 Å². The van der Waals surface area contributed by atoms with Gasteiger partial charge in [-0.2, -0.15) is 0 Å². The maximum absolute atomic E-state index is 12.1. The Morgan fingerprint density at radius 1 is 1.14 bits per heavy atom. The number of aryl methyl sites for hydroxylation is 2. The summed E-state index contributed by atoms with van der Waals surface area (Å²) in [6, 6.07) is 8.01. The molecular weight excluding hydrogens is 302 g/mol. The van der Waals surface area contributed by atoms with E-state index in [-0.39, 0.29) is 23.5 Å². The van der Waals surface area contributed by atoms with Crippen LogP contribution in [0.5, 0.6) is 0 Å². The fourth-order valence-corrected chi connectivity index (χ4v) is 2.63. The topological polar surface area (TPSA) is 92.2 Å². The van der Waals surface area contributed by atoms with Gasteiger partial charge in [0.25, 0.3) is 0 Å². The van der Waals surface area contributed by atoms with Crippen molar-refractivity contribution in [3.05, 3.63) is 52.8 Å². The van der Waals surface area contributed by atoms with Crippen LogP contribution in [-0.4, -0.2) is 33.4 Å². The summed E-state index contributed by atoms with van der Waals surface area (Å²) >= 11 is 1.15. The largest absolute Gasteiger partial charge is 0.478 e. The fourth-order valence-electron chi connectivity index (χ4n) is 1.91. The average Bonchev–Trinajstić information content (AvgIpc) is 2.46. The second kappa shape index (κ2) is 7.15. The molecule has 7 heteroatoms. The van der Waals surface area contributed by atoms with E-state index >= 15 is 0 Å². The molecule has 1 aromatic carbocycles. The van der Waals surface area contributed by atoms with E-state index < -0.39 is 5.97 Å². The predicted octanol–water partition coefficient (Wildman–Crippen LogP) is 2.27. The number of nitrogens with zero attached hydrogens (tertiary/aromatic N) is 2. The van der Waals surface area contributed by atoms with Gasteiger partial charge in [-0.05, 0) is 37.9 Å². The number of carboxylic acid groups (broad SMARTS) is 1. The highest BCUT2D eigenvalue weighted by Crippen LogP contribution is 2.12. The Labute approximate surface area is 132 Å². The lowest BCUT2D eigenvalue weighted by molar-refractivity contribution is 0.0692. The van der Waals surface area contributed by atoms with Crippen LogP contribution in [0, 0.1) is 13.8 Å².